The van der Waals surface area contributed by atoms with Crippen LogP contribution < -0.4 is 4.74 Å². The molecule has 0 bridgehead atoms. The fraction of sp³-hybridized carbons (Fsp3) is 0.730. The van der Waals surface area contributed by atoms with Gasteiger partial charge < -0.3 is 32.9 Å². The molecular weight excluding hydrogens is 630 g/mol. The number of aldehydes is 1. The van der Waals surface area contributed by atoms with Gasteiger partial charge >= 0.3 is 0 Å². The molecule has 1 saturated carbocycles. The van der Waals surface area contributed by atoms with E-state index in [0.717, 1.165) is 24.0 Å². The molecule has 48 heavy (non-hydrogen) atoms. The minimum absolute atomic E-state index is 0.00186. The van der Waals surface area contributed by atoms with Gasteiger partial charge in [0.15, 0.2) is 8.32 Å². The lowest BCUT2D eigenvalue weighted by Crippen LogP contribution is -2.46. The predicted molar refractivity (Wildman–Crippen MR) is 188 cm³/mol. The van der Waals surface area contributed by atoms with Crippen LogP contribution in [0.2, 0.25) is 18.1 Å². The SMILES string of the molecule is COCCOCO[C@H](CC(=O)N(C)OC)C[C@H](C[C@@H]1C=C[C@@H]2[C@@H](C[C@@H](C)[C@H]2OCc2ccc(OC)cc2)[C@@H]1C=O)O[Si](C)(C)C(C)(C)C. The van der Waals surface area contributed by atoms with E-state index in [1.807, 2.05) is 24.3 Å². The van der Waals surface area contributed by atoms with Gasteiger partial charge in [-0.2, -0.15) is 0 Å². The highest BCUT2D eigenvalue weighted by Crippen LogP contribution is 2.49. The molecule has 0 aromatic heterocycles. The predicted octanol–water partition coefficient (Wildman–Crippen LogP) is 6.44. The summed E-state index contributed by atoms with van der Waals surface area (Å²) >= 11 is 0. The summed E-state index contributed by atoms with van der Waals surface area (Å²) in [6.45, 7) is 14.7. The maximum Gasteiger partial charge on any atom is 0.248 e. The fourth-order valence-electron chi connectivity index (χ4n) is 6.72. The van der Waals surface area contributed by atoms with Gasteiger partial charge in [-0.15, -0.1) is 0 Å². The van der Waals surface area contributed by atoms with Crippen LogP contribution in [0.5, 0.6) is 5.75 Å². The number of amides is 1. The molecule has 0 aliphatic heterocycles. The van der Waals surface area contributed by atoms with Crippen LogP contribution >= 0.6 is 0 Å². The number of ether oxygens (including phenoxy) is 5. The first-order valence-corrected chi connectivity index (χ1v) is 20.2. The average molecular weight is 692 g/mol. The van der Waals surface area contributed by atoms with Crippen LogP contribution in [0.4, 0.5) is 0 Å². The maximum absolute atomic E-state index is 12.9. The fourth-order valence-corrected chi connectivity index (χ4v) is 8.10. The highest BCUT2D eigenvalue weighted by atomic mass is 28.4. The molecule has 1 amide bonds. The Bertz CT molecular complexity index is 1150. The summed E-state index contributed by atoms with van der Waals surface area (Å²) < 4.78 is 35.7. The molecule has 2 aliphatic rings. The minimum atomic E-state index is -2.23. The quantitative estimate of drug-likeness (QED) is 0.0382. The molecule has 1 fully saturated rings. The number of nitrogens with zero attached hydrogens (tertiary/aromatic N) is 1. The van der Waals surface area contributed by atoms with Gasteiger partial charge in [-0.25, -0.2) is 5.06 Å². The third-order valence-electron chi connectivity index (χ3n) is 10.6. The smallest absolute Gasteiger partial charge is 0.248 e. The van der Waals surface area contributed by atoms with Gasteiger partial charge in [0.2, 0.25) is 5.91 Å². The van der Waals surface area contributed by atoms with Gasteiger partial charge in [-0.1, -0.05) is 52.0 Å². The molecule has 0 radical (unpaired) electrons. The summed E-state index contributed by atoms with van der Waals surface area (Å²) in [5.41, 5.74) is 1.10. The van der Waals surface area contributed by atoms with Gasteiger partial charge in [0.05, 0.1) is 52.7 Å². The van der Waals surface area contributed by atoms with Crippen molar-refractivity contribution in [2.45, 2.75) is 96.4 Å². The monoisotopic (exact) mass is 691 g/mol. The third-order valence-corrected chi connectivity index (χ3v) is 15.1. The standard InChI is InChI=1S/C37H61NO9Si/c1-26-19-33-32(36(26)45-24-27-11-14-29(42-7)15-12-27)16-13-28(34(33)23-39)20-31(47-48(9,10)37(2,3)4)21-30(22-35(40)38(5)43-8)46-25-44-18-17-41-6/h11-16,23,26,28,30-34,36H,17-22,24-25H2,1-10H3/t26-,28+,30+,31+,32-,33-,34-,36-/m1/s1. The van der Waals surface area contributed by atoms with Crippen molar-refractivity contribution < 1.29 is 42.5 Å². The molecule has 2 aliphatic carbocycles. The summed E-state index contributed by atoms with van der Waals surface area (Å²) in [4.78, 5) is 31.0. The van der Waals surface area contributed by atoms with E-state index in [-0.39, 0.29) is 60.0 Å². The van der Waals surface area contributed by atoms with Gasteiger partial charge in [0.25, 0.3) is 0 Å². The van der Waals surface area contributed by atoms with E-state index in [2.05, 4.69) is 52.9 Å². The number of fused-ring (bicyclic) bond motifs is 1. The molecule has 10 nitrogen and oxygen atoms in total. The van der Waals surface area contributed by atoms with Crippen LogP contribution in [0.3, 0.4) is 0 Å². The third kappa shape index (κ3) is 11.2. The average Bonchev–Trinajstić information content (AvgIpc) is 3.36. The zero-order valence-electron chi connectivity index (χ0n) is 30.9. The largest absolute Gasteiger partial charge is 0.497 e. The zero-order valence-corrected chi connectivity index (χ0v) is 31.9. The van der Waals surface area contributed by atoms with E-state index < -0.39 is 14.4 Å². The summed E-state index contributed by atoms with van der Waals surface area (Å²) in [6.07, 6.45) is 7.18. The van der Waals surface area contributed by atoms with E-state index in [9.17, 15) is 9.59 Å². The van der Waals surface area contributed by atoms with Crippen LogP contribution in [0.25, 0.3) is 0 Å². The Kier molecular flexibility index (Phi) is 15.7. The van der Waals surface area contributed by atoms with E-state index in [4.69, 9.17) is 32.9 Å². The number of methoxy groups -OCH3 is 2. The minimum Gasteiger partial charge on any atom is -0.497 e. The molecule has 1 aromatic rings. The summed E-state index contributed by atoms with van der Waals surface area (Å²) in [6, 6.07) is 7.96. The summed E-state index contributed by atoms with van der Waals surface area (Å²) in [5, 5.41) is 1.19. The lowest BCUT2D eigenvalue weighted by molar-refractivity contribution is -0.175. The van der Waals surface area contributed by atoms with Crippen LogP contribution in [-0.2, 0) is 44.4 Å². The highest BCUT2D eigenvalue weighted by molar-refractivity contribution is 6.74. The van der Waals surface area contributed by atoms with Crippen LogP contribution in [0, 0.1) is 29.6 Å². The molecule has 8 atom stereocenters. The summed E-state index contributed by atoms with van der Waals surface area (Å²) in [7, 11) is 4.10. The normalized spacial score (nSPS) is 25.4. The van der Waals surface area contributed by atoms with E-state index in [1.54, 1.807) is 21.3 Å². The maximum atomic E-state index is 12.9. The van der Waals surface area contributed by atoms with Crippen molar-refractivity contribution in [1.82, 2.24) is 5.06 Å². The molecule has 1 aromatic carbocycles. The van der Waals surface area contributed by atoms with Gasteiger partial charge in [-0.3, -0.25) is 9.63 Å². The van der Waals surface area contributed by atoms with Crippen molar-refractivity contribution in [3.63, 3.8) is 0 Å². The molecular formula is C37H61NO9Si. The number of benzene rings is 1. The Hall–Kier alpha value is -2.12. The second kappa shape index (κ2) is 18.8. The molecule has 0 heterocycles. The highest BCUT2D eigenvalue weighted by Gasteiger charge is 2.48. The number of carbonyl (C=O) groups excluding carboxylic acids is 2. The first-order valence-electron chi connectivity index (χ1n) is 17.3. The van der Waals surface area contributed by atoms with Crippen molar-refractivity contribution in [3.05, 3.63) is 42.0 Å². The van der Waals surface area contributed by atoms with E-state index in [0.29, 0.717) is 38.6 Å². The first-order chi connectivity index (χ1) is 22.7. The second-order valence-corrected chi connectivity index (χ2v) is 19.7. The van der Waals surface area contributed by atoms with Crippen LogP contribution in [0.15, 0.2) is 36.4 Å². The zero-order chi connectivity index (χ0) is 35.5. The molecule has 0 unspecified atom stereocenters. The van der Waals surface area contributed by atoms with Crippen molar-refractivity contribution >= 4 is 20.5 Å². The van der Waals surface area contributed by atoms with Crippen molar-refractivity contribution in [1.29, 1.82) is 0 Å². The number of hydrogen-bond donors (Lipinski definition) is 0. The van der Waals surface area contributed by atoms with Crippen molar-refractivity contribution in [2.24, 2.45) is 29.6 Å². The number of rotatable bonds is 20. The number of hydroxylamine groups is 2. The molecule has 3 rings (SSSR count). The van der Waals surface area contributed by atoms with Crippen molar-refractivity contribution in [3.8, 4) is 5.75 Å². The molecule has 0 spiro atoms. The Morgan fingerprint density at radius 2 is 1.77 bits per heavy atom. The second-order valence-electron chi connectivity index (χ2n) is 14.9. The summed E-state index contributed by atoms with van der Waals surface area (Å²) in [5.74, 6) is 1.16. The van der Waals surface area contributed by atoms with Gasteiger partial charge in [0.1, 0.15) is 18.8 Å². The van der Waals surface area contributed by atoms with Crippen molar-refractivity contribution in [2.75, 3.05) is 48.4 Å². The topological polar surface area (TPSA) is 102 Å². The van der Waals surface area contributed by atoms with Gasteiger partial charge in [0, 0.05) is 32.1 Å². The Morgan fingerprint density at radius 1 is 1.06 bits per heavy atom. The van der Waals surface area contributed by atoms with Gasteiger partial charge in [-0.05, 0) is 72.8 Å². The lowest BCUT2D eigenvalue weighted by atomic mass is 9.70. The number of hydrogen-bond acceptors (Lipinski definition) is 9. The molecule has 0 N–H and O–H groups in total. The number of carbonyl (C=O) groups is 2. The molecule has 0 saturated heterocycles. The lowest BCUT2D eigenvalue weighted by Gasteiger charge is -2.42. The Balaban J connectivity index is 1.80. The van der Waals surface area contributed by atoms with E-state index in [1.165, 1.54) is 12.2 Å². The van der Waals surface area contributed by atoms with E-state index >= 15 is 0 Å². The van der Waals surface area contributed by atoms with Crippen LogP contribution in [0.1, 0.15) is 58.9 Å². The Labute approximate surface area is 289 Å². The first kappa shape index (κ1) is 40.3. The number of allylic oxidation sites excluding steroid dienone is 1. The molecule has 272 valence electrons. The molecule has 11 heteroatoms. The van der Waals surface area contributed by atoms with Crippen LogP contribution in [-0.4, -0.2) is 92.3 Å². The Morgan fingerprint density at radius 3 is 2.38 bits per heavy atom.